The molecule has 0 aromatic rings. The van der Waals surface area contributed by atoms with Crippen molar-refractivity contribution in [1.82, 2.24) is 9.80 Å². The fraction of sp³-hybridized carbons (Fsp3) is 0.938. The number of ether oxygens (including phenoxy) is 1. The van der Waals surface area contributed by atoms with Crippen LogP contribution >= 0.6 is 0 Å². The lowest BCUT2D eigenvalue weighted by atomic mass is 10.1. The Hall–Kier alpha value is -0.610. The zero-order valence-electron chi connectivity index (χ0n) is 13.5. The number of piperazine rings is 1. The summed E-state index contributed by atoms with van der Waals surface area (Å²) in [5, 5.41) is 0. The molecule has 4 heteroatoms. The van der Waals surface area contributed by atoms with Crippen molar-refractivity contribution in [1.29, 1.82) is 0 Å². The van der Waals surface area contributed by atoms with Crippen LogP contribution in [0.25, 0.3) is 0 Å². The Morgan fingerprint density at radius 1 is 1.10 bits per heavy atom. The molecule has 0 aromatic carbocycles. The fourth-order valence-electron chi connectivity index (χ4n) is 3.30. The minimum absolute atomic E-state index is 0.0909. The van der Waals surface area contributed by atoms with E-state index in [-0.39, 0.29) is 12.0 Å². The van der Waals surface area contributed by atoms with Crippen molar-refractivity contribution in [2.75, 3.05) is 26.2 Å². The van der Waals surface area contributed by atoms with Gasteiger partial charge in [-0.3, -0.25) is 14.6 Å². The highest BCUT2D eigenvalue weighted by molar-refractivity contribution is 5.75. The molecule has 2 aliphatic rings. The summed E-state index contributed by atoms with van der Waals surface area (Å²) in [7, 11) is 0. The van der Waals surface area contributed by atoms with E-state index in [9.17, 15) is 4.79 Å². The Balaban J connectivity index is 1.79. The van der Waals surface area contributed by atoms with Gasteiger partial charge in [-0.15, -0.1) is 0 Å². The summed E-state index contributed by atoms with van der Waals surface area (Å²) in [6.45, 7) is 11.9. The third kappa shape index (κ3) is 4.19. The van der Waals surface area contributed by atoms with E-state index >= 15 is 0 Å². The highest BCUT2D eigenvalue weighted by Gasteiger charge is 2.31. The van der Waals surface area contributed by atoms with Gasteiger partial charge in [0.05, 0.1) is 0 Å². The zero-order valence-corrected chi connectivity index (χ0v) is 13.5. The number of hydrogen-bond donors (Lipinski definition) is 0. The minimum atomic E-state index is -0.392. The Morgan fingerprint density at radius 2 is 1.65 bits per heavy atom. The molecule has 20 heavy (non-hydrogen) atoms. The lowest BCUT2D eigenvalue weighted by molar-refractivity contribution is -0.161. The van der Waals surface area contributed by atoms with Gasteiger partial charge in [-0.25, -0.2) is 0 Å². The van der Waals surface area contributed by atoms with Crippen LogP contribution in [0, 0.1) is 0 Å². The summed E-state index contributed by atoms with van der Waals surface area (Å²) < 4.78 is 5.49. The van der Waals surface area contributed by atoms with E-state index in [1.807, 2.05) is 27.7 Å². The van der Waals surface area contributed by atoms with Gasteiger partial charge in [0, 0.05) is 32.2 Å². The molecule has 0 aromatic heterocycles. The molecule has 2 rings (SSSR count). The Kier molecular flexibility index (Phi) is 5.08. The van der Waals surface area contributed by atoms with Crippen LogP contribution in [0.3, 0.4) is 0 Å². The van der Waals surface area contributed by atoms with Crippen LogP contribution in [-0.4, -0.2) is 59.6 Å². The molecule has 1 saturated heterocycles. The topological polar surface area (TPSA) is 32.8 Å². The second-order valence-corrected chi connectivity index (χ2v) is 7.22. The summed E-state index contributed by atoms with van der Waals surface area (Å²) in [6.07, 6.45) is 5.50. The molecule has 2 fully saturated rings. The van der Waals surface area contributed by atoms with Crippen LogP contribution in [0.1, 0.15) is 53.4 Å². The van der Waals surface area contributed by atoms with E-state index in [0.717, 1.165) is 32.2 Å². The highest BCUT2D eigenvalue weighted by Crippen LogP contribution is 2.24. The lowest BCUT2D eigenvalue weighted by Gasteiger charge is -2.40. The maximum atomic E-state index is 12.1. The third-order valence-corrected chi connectivity index (χ3v) is 4.49. The second-order valence-electron chi connectivity index (χ2n) is 7.22. The Bertz CT molecular complexity index is 324. The van der Waals surface area contributed by atoms with E-state index in [4.69, 9.17) is 4.74 Å². The van der Waals surface area contributed by atoms with E-state index < -0.39 is 5.60 Å². The molecule has 116 valence electrons. The van der Waals surface area contributed by atoms with E-state index in [1.165, 1.54) is 25.7 Å². The van der Waals surface area contributed by atoms with Crippen molar-refractivity contribution in [3.8, 4) is 0 Å². The quantitative estimate of drug-likeness (QED) is 0.744. The predicted octanol–water partition coefficient (Wildman–Crippen LogP) is 2.28. The first-order valence-corrected chi connectivity index (χ1v) is 8.08. The Morgan fingerprint density at radius 3 is 2.15 bits per heavy atom. The third-order valence-electron chi connectivity index (χ3n) is 4.49. The number of carbonyl (C=O) groups is 1. The van der Waals surface area contributed by atoms with Gasteiger partial charge in [-0.05, 0) is 40.5 Å². The molecule has 1 atom stereocenters. The summed E-state index contributed by atoms with van der Waals surface area (Å²) in [6, 6.07) is 0.675. The number of hydrogen-bond acceptors (Lipinski definition) is 4. The summed E-state index contributed by atoms with van der Waals surface area (Å²) >= 11 is 0. The molecule has 1 aliphatic carbocycles. The molecule has 1 saturated carbocycles. The van der Waals surface area contributed by atoms with Gasteiger partial charge < -0.3 is 4.74 Å². The highest BCUT2D eigenvalue weighted by atomic mass is 16.6. The molecule has 0 spiro atoms. The summed E-state index contributed by atoms with van der Waals surface area (Å²) in [5.41, 5.74) is -0.392. The van der Waals surface area contributed by atoms with Crippen LogP contribution in [0.15, 0.2) is 0 Å². The molecule has 4 nitrogen and oxygen atoms in total. The van der Waals surface area contributed by atoms with Crippen LogP contribution in [0.5, 0.6) is 0 Å². The van der Waals surface area contributed by atoms with Gasteiger partial charge in [0.1, 0.15) is 11.6 Å². The zero-order chi connectivity index (χ0) is 14.8. The molecule has 0 amide bonds. The molecule has 1 unspecified atom stereocenters. The normalized spacial score (nSPS) is 24.8. The first-order chi connectivity index (χ1) is 9.37. The second kappa shape index (κ2) is 6.44. The Labute approximate surface area is 123 Å². The average Bonchev–Trinajstić information content (AvgIpc) is 2.90. The molecular weight excluding hydrogens is 252 g/mol. The molecule has 1 heterocycles. The van der Waals surface area contributed by atoms with Crippen molar-refractivity contribution in [3.63, 3.8) is 0 Å². The van der Waals surface area contributed by atoms with Crippen molar-refractivity contribution in [2.45, 2.75) is 71.1 Å². The average molecular weight is 282 g/mol. The number of carbonyl (C=O) groups excluding carboxylic acids is 1. The number of rotatable bonds is 3. The fourth-order valence-corrected chi connectivity index (χ4v) is 3.30. The first-order valence-electron chi connectivity index (χ1n) is 8.08. The van der Waals surface area contributed by atoms with Gasteiger partial charge in [0.25, 0.3) is 0 Å². The first kappa shape index (κ1) is 15.8. The maximum absolute atomic E-state index is 12.1. The van der Waals surface area contributed by atoms with Crippen LogP contribution < -0.4 is 0 Å². The maximum Gasteiger partial charge on any atom is 0.323 e. The van der Waals surface area contributed by atoms with Gasteiger partial charge in [0.2, 0.25) is 0 Å². The molecule has 0 bridgehead atoms. The lowest BCUT2D eigenvalue weighted by Crippen LogP contribution is -2.54. The standard InChI is InChI=1S/C16H30N2O2/c1-13(15(19)20-16(2,3)4)17-9-11-18(12-10-17)14-7-5-6-8-14/h13-14H,5-12H2,1-4H3. The molecule has 1 aliphatic heterocycles. The van der Waals surface area contributed by atoms with Crippen molar-refractivity contribution in [3.05, 3.63) is 0 Å². The van der Waals surface area contributed by atoms with Crippen molar-refractivity contribution < 1.29 is 9.53 Å². The van der Waals surface area contributed by atoms with E-state index in [0.29, 0.717) is 0 Å². The summed E-state index contributed by atoms with van der Waals surface area (Å²) in [5.74, 6) is -0.0909. The predicted molar refractivity (Wildman–Crippen MR) is 80.7 cm³/mol. The van der Waals surface area contributed by atoms with Gasteiger partial charge >= 0.3 is 5.97 Å². The van der Waals surface area contributed by atoms with Crippen molar-refractivity contribution >= 4 is 5.97 Å². The van der Waals surface area contributed by atoms with Crippen molar-refractivity contribution in [2.24, 2.45) is 0 Å². The van der Waals surface area contributed by atoms with Gasteiger partial charge in [-0.2, -0.15) is 0 Å². The number of nitrogens with zero attached hydrogens (tertiary/aromatic N) is 2. The molecular formula is C16H30N2O2. The van der Waals surface area contributed by atoms with Gasteiger partial charge in [-0.1, -0.05) is 12.8 Å². The molecule has 0 radical (unpaired) electrons. The minimum Gasteiger partial charge on any atom is -0.459 e. The van der Waals surface area contributed by atoms with Crippen LogP contribution in [0.2, 0.25) is 0 Å². The van der Waals surface area contributed by atoms with E-state index in [1.54, 1.807) is 0 Å². The van der Waals surface area contributed by atoms with Crippen LogP contribution in [0.4, 0.5) is 0 Å². The molecule has 0 N–H and O–H groups in total. The largest absolute Gasteiger partial charge is 0.459 e. The number of esters is 1. The monoisotopic (exact) mass is 282 g/mol. The smallest absolute Gasteiger partial charge is 0.323 e. The van der Waals surface area contributed by atoms with Gasteiger partial charge in [0.15, 0.2) is 0 Å². The van der Waals surface area contributed by atoms with E-state index in [2.05, 4.69) is 9.80 Å². The SMILES string of the molecule is CC(C(=O)OC(C)(C)C)N1CCN(C2CCCC2)CC1. The summed E-state index contributed by atoms with van der Waals surface area (Å²) in [4.78, 5) is 17.0. The van der Waals surface area contributed by atoms with Crippen LogP contribution in [-0.2, 0) is 9.53 Å².